The van der Waals surface area contributed by atoms with Crippen LogP contribution in [0.3, 0.4) is 0 Å². The molecule has 0 radical (unpaired) electrons. The molecule has 1 amide bonds. The summed E-state index contributed by atoms with van der Waals surface area (Å²) in [4.78, 5) is 18.3. The molecule has 0 aromatic carbocycles. The molecule has 1 aromatic rings. The van der Waals surface area contributed by atoms with Gasteiger partial charge in [0.05, 0.1) is 19.1 Å². The van der Waals surface area contributed by atoms with E-state index in [0.717, 1.165) is 24.4 Å². The summed E-state index contributed by atoms with van der Waals surface area (Å²) in [6.07, 6.45) is 7.58. The molecule has 4 nitrogen and oxygen atoms in total. The first-order chi connectivity index (χ1) is 10.1. The van der Waals surface area contributed by atoms with Crippen LogP contribution in [-0.4, -0.2) is 41.6 Å². The van der Waals surface area contributed by atoms with E-state index in [1.165, 1.54) is 12.8 Å². The standard InChI is InChI=1S/C17H26N2O2/c1-14(2)5-3-7-16-13-19(9-10-21-16)17(20)11-15-6-4-8-18-12-15/h4,6,8,12,14,16H,3,5,7,9-11,13H2,1-2H3. The molecule has 21 heavy (non-hydrogen) atoms. The molecular formula is C17H26N2O2. The van der Waals surface area contributed by atoms with E-state index in [2.05, 4.69) is 18.8 Å². The van der Waals surface area contributed by atoms with Gasteiger partial charge in [-0.2, -0.15) is 0 Å². The summed E-state index contributed by atoms with van der Waals surface area (Å²) in [7, 11) is 0. The van der Waals surface area contributed by atoms with Crippen molar-refractivity contribution in [2.45, 2.75) is 45.6 Å². The van der Waals surface area contributed by atoms with Gasteiger partial charge in [0.1, 0.15) is 0 Å². The van der Waals surface area contributed by atoms with Gasteiger partial charge in [-0.3, -0.25) is 9.78 Å². The number of hydrogen-bond donors (Lipinski definition) is 0. The molecule has 0 saturated carbocycles. The fourth-order valence-electron chi connectivity index (χ4n) is 2.66. The van der Waals surface area contributed by atoms with Gasteiger partial charge in [-0.1, -0.05) is 32.8 Å². The van der Waals surface area contributed by atoms with E-state index < -0.39 is 0 Å². The highest BCUT2D eigenvalue weighted by Crippen LogP contribution is 2.15. The van der Waals surface area contributed by atoms with E-state index >= 15 is 0 Å². The third kappa shape index (κ3) is 5.46. The molecule has 1 fully saturated rings. The summed E-state index contributed by atoms with van der Waals surface area (Å²) in [6.45, 7) is 6.58. The van der Waals surface area contributed by atoms with Gasteiger partial charge < -0.3 is 9.64 Å². The Morgan fingerprint density at radius 1 is 1.52 bits per heavy atom. The maximum Gasteiger partial charge on any atom is 0.227 e. The van der Waals surface area contributed by atoms with Crippen molar-refractivity contribution >= 4 is 5.91 Å². The van der Waals surface area contributed by atoms with Crippen molar-refractivity contribution in [3.05, 3.63) is 30.1 Å². The summed E-state index contributed by atoms with van der Waals surface area (Å²) in [5, 5.41) is 0. The third-order valence-corrected chi connectivity index (χ3v) is 3.88. The van der Waals surface area contributed by atoms with Crippen LogP contribution in [0.2, 0.25) is 0 Å². The van der Waals surface area contributed by atoms with E-state index in [4.69, 9.17) is 4.74 Å². The van der Waals surface area contributed by atoms with Crippen LogP contribution in [0.4, 0.5) is 0 Å². The Kier molecular flexibility index (Phi) is 6.18. The van der Waals surface area contributed by atoms with Crippen molar-refractivity contribution in [1.82, 2.24) is 9.88 Å². The first kappa shape index (κ1) is 16.0. The second-order valence-electron chi connectivity index (χ2n) is 6.20. The minimum absolute atomic E-state index is 0.181. The smallest absolute Gasteiger partial charge is 0.227 e. The number of carbonyl (C=O) groups is 1. The summed E-state index contributed by atoms with van der Waals surface area (Å²) in [6, 6.07) is 3.82. The monoisotopic (exact) mass is 290 g/mol. The zero-order valence-corrected chi connectivity index (χ0v) is 13.1. The lowest BCUT2D eigenvalue weighted by atomic mass is 10.0. The van der Waals surface area contributed by atoms with Gasteiger partial charge in [-0.25, -0.2) is 0 Å². The van der Waals surface area contributed by atoms with Crippen LogP contribution < -0.4 is 0 Å². The number of ether oxygens (including phenoxy) is 1. The number of amides is 1. The lowest BCUT2D eigenvalue weighted by Gasteiger charge is -2.33. The van der Waals surface area contributed by atoms with Crippen LogP contribution in [0.5, 0.6) is 0 Å². The van der Waals surface area contributed by atoms with Crippen LogP contribution in [-0.2, 0) is 16.0 Å². The van der Waals surface area contributed by atoms with Crippen molar-refractivity contribution in [2.24, 2.45) is 5.92 Å². The first-order valence-corrected chi connectivity index (χ1v) is 7.93. The summed E-state index contributed by atoms with van der Waals surface area (Å²) in [5.41, 5.74) is 0.977. The van der Waals surface area contributed by atoms with Gasteiger partial charge >= 0.3 is 0 Å². The molecular weight excluding hydrogens is 264 g/mol. The summed E-state index contributed by atoms with van der Waals surface area (Å²) >= 11 is 0. The zero-order chi connectivity index (χ0) is 15.1. The quantitative estimate of drug-likeness (QED) is 0.809. The molecule has 0 N–H and O–H groups in total. The van der Waals surface area contributed by atoms with Crippen molar-refractivity contribution in [2.75, 3.05) is 19.7 Å². The molecule has 116 valence electrons. The molecule has 4 heteroatoms. The van der Waals surface area contributed by atoms with Crippen molar-refractivity contribution in [3.63, 3.8) is 0 Å². The molecule has 1 atom stereocenters. The van der Waals surface area contributed by atoms with Crippen molar-refractivity contribution in [1.29, 1.82) is 0 Å². The Hall–Kier alpha value is -1.42. The molecule has 1 aliphatic heterocycles. The molecule has 0 bridgehead atoms. The van der Waals surface area contributed by atoms with E-state index in [1.54, 1.807) is 12.4 Å². The van der Waals surface area contributed by atoms with Gasteiger partial charge in [-0.05, 0) is 24.0 Å². The lowest BCUT2D eigenvalue weighted by molar-refractivity contribution is -0.138. The van der Waals surface area contributed by atoms with Crippen LogP contribution in [0, 0.1) is 5.92 Å². The number of morpholine rings is 1. The summed E-state index contributed by atoms with van der Waals surface area (Å²) in [5.74, 6) is 0.914. The lowest BCUT2D eigenvalue weighted by Crippen LogP contribution is -2.46. The molecule has 1 unspecified atom stereocenters. The van der Waals surface area contributed by atoms with Crippen LogP contribution in [0.1, 0.15) is 38.7 Å². The average molecular weight is 290 g/mol. The maximum atomic E-state index is 12.3. The molecule has 2 heterocycles. The number of pyridine rings is 1. The van der Waals surface area contributed by atoms with Gasteiger partial charge in [-0.15, -0.1) is 0 Å². The molecule has 0 aliphatic carbocycles. The van der Waals surface area contributed by atoms with Gasteiger partial charge in [0.25, 0.3) is 0 Å². The number of nitrogens with zero attached hydrogens (tertiary/aromatic N) is 2. The van der Waals surface area contributed by atoms with E-state index in [0.29, 0.717) is 19.6 Å². The Bertz CT molecular complexity index is 434. The largest absolute Gasteiger partial charge is 0.375 e. The number of rotatable bonds is 6. The fraction of sp³-hybridized carbons (Fsp3) is 0.647. The second-order valence-corrected chi connectivity index (χ2v) is 6.20. The highest BCUT2D eigenvalue weighted by atomic mass is 16.5. The van der Waals surface area contributed by atoms with Crippen LogP contribution in [0.15, 0.2) is 24.5 Å². The Labute approximate surface area is 127 Å². The average Bonchev–Trinajstić information content (AvgIpc) is 2.48. The molecule has 1 saturated heterocycles. The Balaban J connectivity index is 1.78. The number of hydrogen-bond acceptors (Lipinski definition) is 3. The second kappa shape index (κ2) is 8.13. The molecule has 0 spiro atoms. The Morgan fingerprint density at radius 3 is 3.10 bits per heavy atom. The van der Waals surface area contributed by atoms with E-state index in [1.807, 2.05) is 17.0 Å². The summed E-state index contributed by atoms with van der Waals surface area (Å²) < 4.78 is 5.78. The first-order valence-electron chi connectivity index (χ1n) is 7.93. The highest BCUT2D eigenvalue weighted by Gasteiger charge is 2.23. The Morgan fingerprint density at radius 2 is 2.38 bits per heavy atom. The van der Waals surface area contributed by atoms with Crippen molar-refractivity contribution < 1.29 is 9.53 Å². The molecule has 1 aromatic heterocycles. The van der Waals surface area contributed by atoms with Crippen LogP contribution in [0.25, 0.3) is 0 Å². The predicted octanol–water partition coefficient (Wildman–Crippen LogP) is 2.68. The normalized spacial score (nSPS) is 19.0. The van der Waals surface area contributed by atoms with Crippen molar-refractivity contribution in [3.8, 4) is 0 Å². The topological polar surface area (TPSA) is 42.4 Å². The molecule has 2 rings (SSSR count). The fourth-order valence-corrected chi connectivity index (χ4v) is 2.66. The minimum Gasteiger partial charge on any atom is -0.375 e. The van der Waals surface area contributed by atoms with E-state index in [9.17, 15) is 4.79 Å². The van der Waals surface area contributed by atoms with Gasteiger partial charge in [0, 0.05) is 25.5 Å². The van der Waals surface area contributed by atoms with E-state index in [-0.39, 0.29) is 12.0 Å². The molecule has 1 aliphatic rings. The van der Waals surface area contributed by atoms with Gasteiger partial charge in [0.2, 0.25) is 5.91 Å². The van der Waals surface area contributed by atoms with Crippen LogP contribution >= 0.6 is 0 Å². The minimum atomic E-state index is 0.181. The number of aromatic nitrogens is 1. The third-order valence-electron chi connectivity index (χ3n) is 3.88. The van der Waals surface area contributed by atoms with Gasteiger partial charge in [0.15, 0.2) is 0 Å². The zero-order valence-electron chi connectivity index (χ0n) is 13.1. The predicted molar refractivity (Wildman–Crippen MR) is 83.0 cm³/mol. The number of carbonyl (C=O) groups excluding carboxylic acids is 1. The SMILES string of the molecule is CC(C)CCCC1CN(C(=O)Cc2cccnc2)CCO1. The highest BCUT2D eigenvalue weighted by molar-refractivity contribution is 5.78. The maximum absolute atomic E-state index is 12.3.